The van der Waals surface area contributed by atoms with Crippen molar-refractivity contribution in [1.29, 1.82) is 0 Å². The van der Waals surface area contributed by atoms with Crippen molar-refractivity contribution < 1.29 is 19.0 Å². The van der Waals surface area contributed by atoms with Gasteiger partial charge in [-0.15, -0.1) is 0 Å². The lowest BCUT2D eigenvalue weighted by Crippen LogP contribution is -2.42. The van der Waals surface area contributed by atoms with E-state index in [4.69, 9.17) is 14.2 Å². The summed E-state index contributed by atoms with van der Waals surface area (Å²) in [6.45, 7) is 5.24. The third kappa shape index (κ3) is 3.85. The maximum Gasteiger partial charge on any atom is 0.311 e. The first-order valence-corrected chi connectivity index (χ1v) is 9.85. The number of nitrogens with zero attached hydrogens (tertiary/aromatic N) is 1. The molecular weight excluding hydrogens is 354 g/mol. The Balaban J connectivity index is 1.34. The molecular formula is C23H27NO4. The molecule has 0 saturated carbocycles. The van der Waals surface area contributed by atoms with Crippen molar-refractivity contribution in [1.82, 2.24) is 4.90 Å². The molecule has 28 heavy (non-hydrogen) atoms. The van der Waals surface area contributed by atoms with Gasteiger partial charge in [0.1, 0.15) is 6.61 Å². The van der Waals surface area contributed by atoms with E-state index in [0.717, 1.165) is 49.5 Å². The van der Waals surface area contributed by atoms with E-state index < -0.39 is 0 Å². The van der Waals surface area contributed by atoms with Gasteiger partial charge in [0.2, 0.25) is 0 Å². The van der Waals surface area contributed by atoms with Crippen LogP contribution in [0.4, 0.5) is 0 Å². The minimum Gasteiger partial charge on any atom is -0.485 e. The SMILES string of the molecule is COC(=O)C1(C)CCN(Cc2ccc([C@H]3COc4ccccc4O3)cc2)CC1. The standard InChI is InChI=1S/C23H27NO4/c1-23(22(25)26-2)11-13-24(14-12-23)15-17-7-9-18(10-8-17)21-16-27-19-5-3-4-6-20(19)28-21/h3-10,21H,11-16H2,1-2H3/t21-/m1/s1. The second-order valence-electron chi connectivity index (χ2n) is 7.93. The fourth-order valence-electron chi connectivity index (χ4n) is 3.93. The highest BCUT2D eigenvalue weighted by atomic mass is 16.6. The summed E-state index contributed by atoms with van der Waals surface area (Å²) in [6, 6.07) is 16.3. The number of carbonyl (C=O) groups excluding carboxylic acids is 1. The van der Waals surface area contributed by atoms with Crippen LogP contribution in [0.5, 0.6) is 11.5 Å². The van der Waals surface area contributed by atoms with Gasteiger partial charge in [0.25, 0.3) is 0 Å². The molecule has 0 unspecified atom stereocenters. The highest BCUT2D eigenvalue weighted by molar-refractivity contribution is 5.76. The van der Waals surface area contributed by atoms with Gasteiger partial charge in [-0.05, 0) is 56.1 Å². The number of ether oxygens (including phenoxy) is 3. The zero-order valence-corrected chi connectivity index (χ0v) is 16.5. The predicted octanol–water partition coefficient (Wildman–Crippen LogP) is 3.97. The van der Waals surface area contributed by atoms with Crippen molar-refractivity contribution >= 4 is 5.97 Å². The molecule has 0 N–H and O–H groups in total. The number of fused-ring (bicyclic) bond motifs is 1. The van der Waals surface area contributed by atoms with Crippen molar-refractivity contribution in [2.75, 3.05) is 26.8 Å². The van der Waals surface area contributed by atoms with E-state index in [-0.39, 0.29) is 17.5 Å². The molecule has 2 aromatic carbocycles. The van der Waals surface area contributed by atoms with Gasteiger partial charge < -0.3 is 14.2 Å². The average molecular weight is 381 g/mol. The number of esters is 1. The molecule has 5 nitrogen and oxygen atoms in total. The summed E-state index contributed by atoms with van der Waals surface area (Å²) >= 11 is 0. The first kappa shape index (κ1) is 18.8. The number of benzene rings is 2. The Kier molecular flexibility index (Phi) is 5.27. The number of carbonyl (C=O) groups is 1. The Morgan fingerprint density at radius 3 is 2.46 bits per heavy atom. The van der Waals surface area contributed by atoms with Crippen LogP contribution in [0.25, 0.3) is 0 Å². The lowest BCUT2D eigenvalue weighted by molar-refractivity contribution is -0.154. The molecule has 5 heteroatoms. The quantitative estimate of drug-likeness (QED) is 0.750. The third-order valence-corrected chi connectivity index (χ3v) is 5.90. The van der Waals surface area contributed by atoms with Crippen LogP contribution in [0, 0.1) is 5.41 Å². The van der Waals surface area contributed by atoms with Gasteiger partial charge in [0.05, 0.1) is 12.5 Å². The maximum absolute atomic E-state index is 12.0. The molecule has 2 aliphatic heterocycles. The number of para-hydroxylation sites is 2. The van der Waals surface area contributed by atoms with Crippen LogP contribution in [0.2, 0.25) is 0 Å². The number of hydrogen-bond donors (Lipinski definition) is 0. The third-order valence-electron chi connectivity index (χ3n) is 5.90. The Bertz CT molecular complexity index is 825. The number of hydrogen-bond acceptors (Lipinski definition) is 5. The zero-order valence-electron chi connectivity index (χ0n) is 16.5. The lowest BCUT2D eigenvalue weighted by atomic mass is 9.80. The van der Waals surface area contributed by atoms with Crippen molar-refractivity contribution in [3.05, 3.63) is 59.7 Å². The molecule has 1 atom stereocenters. The molecule has 148 valence electrons. The number of piperidine rings is 1. The topological polar surface area (TPSA) is 48.0 Å². The van der Waals surface area contributed by atoms with Crippen LogP contribution in [0.3, 0.4) is 0 Å². The van der Waals surface area contributed by atoms with E-state index in [1.807, 2.05) is 31.2 Å². The van der Waals surface area contributed by atoms with E-state index >= 15 is 0 Å². The molecule has 0 aromatic heterocycles. The van der Waals surface area contributed by atoms with Crippen LogP contribution in [-0.4, -0.2) is 37.7 Å². The second-order valence-corrected chi connectivity index (χ2v) is 7.93. The van der Waals surface area contributed by atoms with Gasteiger partial charge in [-0.25, -0.2) is 0 Å². The lowest BCUT2D eigenvalue weighted by Gasteiger charge is -2.37. The number of rotatable bonds is 4. The molecule has 1 saturated heterocycles. The minimum absolute atomic E-state index is 0.0836. The summed E-state index contributed by atoms with van der Waals surface area (Å²) in [5.41, 5.74) is 2.04. The molecule has 0 spiro atoms. The van der Waals surface area contributed by atoms with Gasteiger partial charge in [-0.3, -0.25) is 9.69 Å². The van der Waals surface area contributed by atoms with Gasteiger partial charge in [0, 0.05) is 6.54 Å². The highest BCUT2D eigenvalue weighted by Crippen LogP contribution is 2.36. The summed E-state index contributed by atoms with van der Waals surface area (Å²) < 4.78 is 16.9. The predicted molar refractivity (Wildman–Crippen MR) is 106 cm³/mol. The highest BCUT2D eigenvalue weighted by Gasteiger charge is 2.37. The van der Waals surface area contributed by atoms with E-state index in [0.29, 0.717) is 6.61 Å². The fraction of sp³-hybridized carbons (Fsp3) is 0.435. The van der Waals surface area contributed by atoms with Gasteiger partial charge in [-0.2, -0.15) is 0 Å². The zero-order chi connectivity index (χ0) is 19.6. The van der Waals surface area contributed by atoms with E-state index in [9.17, 15) is 4.79 Å². The largest absolute Gasteiger partial charge is 0.485 e. The summed E-state index contributed by atoms with van der Waals surface area (Å²) in [4.78, 5) is 14.4. The molecule has 2 aromatic rings. The van der Waals surface area contributed by atoms with E-state index in [1.165, 1.54) is 12.7 Å². The van der Waals surface area contributed by atoms with Crippen LogP contribution in [-0.2, 0) is 16.1 Å². The number of methoxy groups -OCH3 is 1. The Labute approximate surface area is 166 Å². The van der Waals surface area contributed by atoms with E-state index in [2.05, 4.69) is 29.2 Å². The Morgan fingerprint density at radius 2 is 1.79 bits per heavy atom. The smallest absolute Gasteiger partial charge is 0.311 e. The van der Waals surface area contributed by atoms with Gasteiger partial charge >= 0.3 is 5.97 Å². The van der Waals surface area contributed by atoms with Crippen LogP contribution < -0.4 is 9.47 Å². The maximum atomic E-state index is 12.0. The Hall–Kier alpha value is -2.53. The van der Waals surface area contributed by atoms with Gasteiger partial charge in [-0.1, -0.05) is 36.4 Å². The molecule has 0 aliphatic carbocycles. The molecule has 1 fully saturated rings. The van der Waals surface area contributed by atoms with Crippen LogP contribution in [0.1, 0.15) is 37.0 Å². The van der Waals surface area contributed by atoms with E-state index in [1.54, 1.807) is 0 Å². The average Bonchev–Trinajstić information content (AvgIpc) is 2.75. The molecule has 2 aliphatic rings. The second kappa shape index (κ2) is 7.84. The summed E-state index contributed by atoms with van der Waals surface area (Å²) in [6.07, 6.45) is 1.59. The summed E-state index contributed by atoms with van der Waals surface area (Å²) in [5, 5.41) is 0. The molecule has 0 bridgehead atoms. The summed E-state index contributed by atoms with van der Waals surface area (Å²) in [5.74, 6) is 1.51. The normalized spacial score (nSPS) is 21.1. The van der Waals surface area contributed by atoms with Crippen LogP contribution in [0.15, 0.2) is 48.5 Å². The first-order valence-electron chi connectivity index (χ1n) is 9.85. The Morgan fingerprint density at radius 1 is 1.11 bits per heavy atom. The van der Waals surface area contributed by atoms with Gasteiger partial charge in [0.15, 0.2) is 17.6 Å². The molecule has 0 radical (unpaired) electrons. The number of likely N-dealkylation sites (tertiary alicyclic amines) is 1. The molecule has 2 heterocycles. The fourth-order valence-corrected chi connectivity index (χ4v) is 3.93. The summed E-state index contributed by atoms with van der Waals surface area (Å²) in [7, 11) is 1.47. The monoisotopic (exact) mass is 381 g/mol. The van der Waals surface area contributed by atoms with Crippen molar-refractivity contribution in [3.8, 4) is 11.5 Å². The van der Waals surface area contributed by atoms with Crippen molar-refractivity contribution in [2.24, 2.45) is 5.41 Å². The molecule has 4 rings (SSSR count). The van der Waals surface area contributed by atoms with Crippen molar-refractivity contribution in [2.45, 2.75) is 32.4 Å². The van der Waals surface area contributed by atoms with Crippen LogP contribution >= 0.6 is 0 Å². The molecule has 0 amide bonds. The minimum atomic E-state index is -0.344. The first-order chi connectivity index (χ1) is 13.6. The van der Waals surface area contributed by atoms with Crippen molar-refractivity contribution in [3.63, 3.8) is 0 Å².